The van der Waals surface area contributed by atoms with Crippen molar-refractivity contribution >= 4 is 37.7 Å². The molecular formula is C26H21BrN2. The first-order valence-corrected chi connectivity index (χ1v) is 10.6. The van der Waals surface area contributed by atoms with Gasteiger partial charge in [-0.3, -0.25) is 4.57 Å². The number of halogens is 1. The summed E-state index contributed by atoms with van der Waals surface area (Å²) in [6.45, 7) is 4.54. The molecule has 0 radical (unpaired) electrons. The molecule has 0 spiro atoms. The maximum Gasteiger partial charge on any atom is 0.137 e. The van der Waals surface area contributed by atoms with E-state index in [1.807, 2.05) is 6.20 Å². The van der Waals surface area contributed by atoms with E-state index < -0.39 is 0 Å². The number of aromatic nitrogens is 2. The number of hydrogen-bond acceptors (Lipinski definition) is 1. The molecule has 0 unspecified atom stereocenters. The van der Waals surface area contributed by atoms with Gasteiger partial charge in [-0.25, -0.2) is 4.98 Å². The lowest BCUT2D eigenvalue weighted by atomic mass is 9.78. The third kappa shape index (κ3) is 2.97. The van der Waals surface area contributed by atoms with Crippen molar-refractivity contribution in [2.24, 2.45) is 0 Å². The van der Waals surface area contributed by atoms with E-state index in [1.165, 1.54) is 27.4 Å². The first kappa shape index (κ1) is 18.1. The average Bonchev–Trinajstić information content (AvgIpc) is 3.08. The van der Waals surface area contributed by atoms with E-state index in [-0.39, 0.29) is 5.41 Å². The monoisotopic (exact) mass is 440 g/mol. The van der Waals surface area contributed by atoms with Gasteiger partial charge in [0.05, 0.1) is 11.0 Å². The van der Waals surface area contributed by atoms with Crippen LogP contribution < -0.4 is 0 Å². The van der Waals surface area contributed by atoms with Crippen molar-refractivity contribution in [3.63, 3.8) is 0 Å². The van der Waals surface area contributed by atoms with E-state index >= 15 is 0 Å². The third-order valence-corrected chi connectivity index (χ3v) is 6.32. The van der Waals surface area contributed by atoms with Crippen molar-refractivity contribution in [1.29, 1.82) is 0 Å². The maximum atomic E-state index is 4.77. The SMILES string of the molecule is CC(C)(c1ccccc1)c1ccnc(-n2c3ccccc3c3ccc(Br)cc32)c1. The maximum absolute atomic E-state index is 4.77. The summed E-state index contributed by atoms with van der Waals surface area (Å²) in [7, 11) is 0. The highest BCUT2D eigenvalue weighted by Crippen LogP contribution is 2.35. The lowest BCUT2D eigenvalue weighted by molar-refractivity contribution is 0.639. The zero-order valence-electron chi connectivity index (χ0n) is 16.4. The molecule has 0 aliphatic rings. The fourth-order valence-corrected chi connectivity index (χ4v) is 4.49. The normalized spacial score (nSPS) is 12.0. The molecule has 0 bridgehead atoms. The lowest BCUT2D eigenvalue weighted by Crippen LogP contribution is -2.19. The van der Waals surface area contributed by atoms with Crippen molar-refractivity contribution in [2.45, 2.75) is 19.3 Å². The lowest BCUT2D eigenvalue weighted by Gasteiger charge is -2.26. The second-order valence-corrected chi connectivity index (χ2v) is 8.82. The summed E-state index contributed by atoms with van der Waals surface area (Å²) in [5.41, 5.74) is 4.75. The Morgan fingerprint density at radius 1 is 0.724 bits per heavy atom. The van der Waals surface area contributed by atoms with E-state index in [4.69, 9.17) is 4.98 Å². The van der Waals surface area contributed by atoms with Gasteiger partial charge in [0.2, 0.25) is 0 Å². The summed E-state index contributed by atoms with van der Waals surface area (Å²) in [5, 5.41) is 2.47. The van der Waals surface area contributed by atoms with Gasteiger partial charge < -0.3 is 0 Å². The van der Waals surface area contributed by atoms with Gasteiger partial charge in [-0.1, -0.05) is 84.4 Å². The molecule has 0 aliphatic heterocycles. The third-order valence-electron chi connectivity index (χ3n) is 5.83. The Balaban J connectivity index is 1.76. The van der Waals surface area contributed by atoms with Crippen molar-refractivity contribution < 1.29 is 0 Å². The number of pyridine rings is 1. The molecule has 0 saturated carbocycles. The molecule has 0 N–H and O–H groups in total. The molecule has 5 rings (SSSR count). The van der Waals surface area contributed by atoms with E-state index in [0.29, 0.717) is 0 Å². The summed E-state index contributed by atoms with van der Waals surface area (Å²) in [5.74, 6) is 0.941. The summed E-state index contributed by atoms with van der Waals surface area (Å²) in [4.78, 5) is 4.77. The topological polar surface area (TPSA) is 17.8 Å². The fourth-order valence-electron chi connectivity index (χ4n) is 4.14. The van der Waals surface area contributed by atoms with Gasteiger partial charge in [-0.2, -0.15) is 0 Å². The molecule has 0 amide bonds. The van der Waals surface area contributed by atoms with E-state index in [2.05, 4.69) is 119 Å². The average molecular weight is 441 g/mol. The van der Waals surface area contributed by atoms with Crippen LogP contribution in [0, 0.1) is 0 Å². The Bertz CT molecular complexity index is 1330. The molecular weight excluding hydrogens is 420 g/mol. The summed E-state index contributed by atoms with van der Waals surface area (Å²) in [6.07, 6.45) is 1.92. The van der Waals surface area contributed by atoms with Gasteiger partial charge in [-0.15, -0.1) is 0 Å². The Kier molecular flexibility index (Phi) is 4.29. The minimum absolute atomic E-state index is 0.113. The summed E-state index contributed by atoms with van der Waals surface area (Å²) >= 11 is 3.64. The number of hydrogen-bond donors (Lipinski definition) is 0. The quantitative estimate of drug-likeness (QED) is 0.288. The van der Waals surface area contributed by atoms with Crippen molar-refractivity contribution in [1.82, 2.24) is 9.55 Å². The standard InChI is InChI=1S/C26H21BrN2/c1-26(2,18-8-4-3-5-9-18)19-14-15-28-25(16-19)29-23-11-7-6-10-21(23)22-13-12-20(27)17-24(22)29/h3-17H,1-2H3. The second kappa shape index (κ2) is 6.85. The molecule has 2 aromatic heterocycles. The Morgan fingerprint density at radius 3 is 2.28 bits per heavy atom. The van der Waals surface area contributed by atoms with E-state index in [9.17, 15) is 0 Å². The highest BCUT2D eigenvalue weighted by Gasteiger charge is 2.24. The van der Waals surface area contributed by atoms with Gasteiger partial charge in [0.1, 0.15) is 5.82 Å². The van der Waals surface area contributed by atoms with Crippen LogP contribution in [-0.4, -0.2) is 9.55 Å². The van der Waals surface area contributed by atoms with Gasteiger partial charge in [0, 0.05) is 26.9 Å². The van der Waals surface area contributed by atoms with Crippen LogP contribution in [0.15, 0.2) is 95.6 Å². The van der Waals surface area contributed by atoms with Gasteiger partial charge in [0.15, 0.2) is 0 Å². The minimum Gasteiger partial charge on any atom is -0.294 e. The molecule has 3 heteroatoms. The summed E-state index contributed by atoms with van der Waals surface area (Å²) in [6, 6.07) is 30.0. The Morgan fingerprint density at radius 2 is 1.45 bits per heavy atom. The fraction of sp³-hybridized carbons (Fsp3) is 0.115. The van der Waals surface area contributed by atoms with E-state index in [0.717, 1.165) is 15.8 Å². The molecule has 0 fully saturated rings. The van der Waals surface area contributed by atoms with Crippen LogP contribution in [-0.2, 0) is 5.41 Å². The number of benzene rings is 3. The molecule has 2 nitrogen and oxygen atoms in total. The van der Waals surface area contributed by atoms with Crippen LogP contribution in [0.1, 0.15) is 25.0 Å². The van der Waals surface area contributed by atoms with Crippen LogP contribution in [0.25, 0.3) is 27.6 Å². The molecule has 0 aliphatic carbocycles. The zero-order valence-corrected chi connectivity index (χ0v) is 18.0. The molecule has 0 atom stereocenters. The van der Waals surface area contributed by atoms with Crippen molar-refractivity contribution in [3.05, 3.63) is 107 Å². The molecule has 2 heterocycles. The molecule has 3 aromatic carbocycles. The van der Waals surface area contributed by atoms with E-state index in [1.54, 1.807) is 0 Å². The highest BCUT2D eigenvalue weighted by molar-refractivity contribution is 9.10. The molecule has 0 saturated heterocycles. The predicted octanol–water partition coefficient (Wildman–Crippen LogP) is 7.27. The van der Waals surface area contributed by atoms with Gasteiger partial charge >= 0.3 is 0 Å². The van der Waals surface area contributed by atoms with Gasteiger partial charge in [0.25, 0.3) is 0 Å². The van der Waals surface area contributed by atoms with Crippen LogP contribution >= 0.6 is 15.9 Å². The number of rotatable bonds is 3. The number of para-hydroxylation sites is 1. The molecule has 5 aromatic rings. The Labute approximate surface area is 179 Å². The number of fused-ring (bicyclic) bond motifs is 3. The highest BCUT2D eigenvalue weighted by atomic mass is 79.9. The van der Waals surface area contributed by atoms with Crippen molar-refractivity contribution in [2.75, 3.05) is 0 Å². The minimum atomic E-state index is -0.113. The van der Waals surface area contributed by atoms with Crippen LogP contribution in [0.5, 0.6) is 0 Å². The predicted molar refractivity (Wildman–Crippen MR) is 125 cm³/mol. The van der Waals surface area contributed by atoms with Crippen molar-refractivity contribution in [3.8, 4) is 5.82 Å². The zero-order chi connectivity index (χ0) is 20.0. The van der Waals surface area contributed by atoms with Gasteiger partial charge in [-0.05, 0) is 41.5 Å². The molecule has 29 heavy (non-hydrogen) atoms. The second-order valence-electron chi connectivity index (χ2n) is 7.91. The van der Waals surface area contributed by atoms with Crippen LogP contribution in [0.3, 0.4) is 0 Å². The smallest absolute Gasteiger partial charge is 0.137 e. The van der Waals surface area contributed by atoms with Crippen LogP contribution in [0.2, 0.25) is 0 Å². The Hall–Kier alpha value is -2.91. The van der Waals surface area contributed by atoms with Crippen LogP contribution in [0.4, 0.5) is 0 Å². The first-order chi connectivity index (χ1) is 14.1. The first-order valence-electron chi connectivity index (χ1n) is 9.77. The number of nitrogens with zero attached hydrogens (tertiary/aromatic N) is 2. The molecule has 142 valence electrons. The summed E-state index contributed by atoms with van der Waals surface area (Å²) < 4.78 is 3.33. The largest absolute Gasteiger partial charge is 0.294 e.